The van der Waals surface area contributed by atoms with Crippen LogP contribution in [0.25, 0.3) is 11.0 Å². The number of halogens is 1. The molecule has 0 atom stereocenters. The van der Waals surface area contributed by atoms with Gasteiger partial charge in [0.25, 0.3) is 0 Å². The van der Waals surface area contributed by atoms with Crippen LogP contribution >= 0.6 is 11.6 Å². The minimum atomic E-state index is 0.169. The summed E-state index contributed by atoms with van der Waals surface area (Å²) in [6.07, 6.45) is 0.169. The molecule has 0 saturated heterocycles. The molecule has 2 nitrogen and oxygen atoms in total. The second kappa shape index (κ2) is 1.99. The van der Waals surface area contributed by atoms with Crippen LogP contribution in [0.5, 0.6) is 0 Å². The standard InChI is InChI=1S/C7H5ClN2/c8-5-1-2-6-7(3-5)10-4-9-6/h1-4H,(H,9,10)/i4D. The quantitative estimate of drug-likeness (QED) is 0.618. The molecule has 1 aromatic carbocycles. The number of H-pyrrole nitrogens is 1. The molecule has 50 valence electrons. The number of aromatic nitrogens is 2. The monoisotopic (exact) mass is 153 g/mol. The van der Waals surface area contributed by atoms with Gasteiger partial charge in [-0.25, -0.2) is 4.98 Å². The van der Waals surface area contributed by atoms with Crippen LogP contribution in [-0.4, -0.2) is 9.97 Å². The molecule has 0 aliphatic heterocycles. The number of fused-ring (bicyclic) bond motifs is 1. The van der Waals surface area contributed by atoms with E-state index in [-0.39, 0.29) is 6.30 Å². The Hall–Kier alpha value is -1.02. The third-order valence-electron chi connectivity index (χ3n) is 1.33. The summed E-state index contributed by atoms with van der Waals surface area (Å²) < 4.78 is 7.18. The highest BCUT2D eigenvalue weighted by molar-refractivity contribution is 6.31. The van der Waals surface area contributed by atoms with E-state index in [2.05, 4.69) is 9.97 Å². The van der Waals surface area contributed by atoms with E-state index in [1.165, 1.54) is 0 Å². The molecular formula is C7H5ClN2. The Balaban J connectivity index is 2.82. The molecule has 0 saturated carbocycles. The summed E-state index contributed by atoms with van der Waals surface area (Å²) in [5.41, 5.74) is 1.59. The maximum absolute atomic E-state index is 7.18. The molecule has 10 heavy (non-hydrogen) atoms. The third kappa shape index (κ3) is 0.772. The molecule has 1 heterocycles. The van der Waals surface area contributed by atoms with Gasteiger partial charge in [0.2, 0.25) is 0 Å². The number of hydrogen-bond acceptors (Lipinski definition) is 1. The van der Waals surface area contributed by atoms with Crippen molar-refractivity contribution in [2.75, 3.05) is 0 Å². The van der Waals surface area contributed by atoms with Crippen molar-refractivity contribution in [1.29, 1.82) is 0 Å². The fourth-order valence-electron chi connectivity index (χ4n) is 0.851. The van der Waals surface area contributed by atoms with Crippen LogP contribution in [0.1, 0.15) is 1.37 Å². The van der Waals surface area contributed by atoms with Crippen molar-refractivity contribution >= 4 is 22.6 Å². The number of nitrogens with zero attached hydrogens (tertiary/aromatic N) is 1. The van der Waals surface area contributed by atoms with Crippen molar-refractivity contribution in [3.8, 4) is 0 Å². The minimum Gasteiger partial charge on any atom is -0.345 e. The molecule has 2 rings (SSSR count). The summed E-state index contributed by atoms with van der Waals surface area (Å²) in [6.45, 7) is 0. The number of benzene rings is 1. The van der Waals surface area contributed by atoms with Gasteiger partial charge < -0.3 is 4.98 Å². The first kappa shape index (κ1) is 4.74. The molecule has 0 aliphatic carbocycles. The normalized spacial score (nSPS) is 11.9. The van der Waals surface area contributed by atoms with Crippen LogP contribution in [0.15, 0.2) is 24.5 Å². The predicted octanol–water partition coefficient (Wildman–Crippen LogP) is 2.22. The lowest BCUT2D eigenvalue weighted by Gasteiger charge is -1.87. The smallest absolute Gasteiger partial charge is 0.104 e. The summed E-state index contributed by atoms with van der Waals surface area (Å²) in [4.78, 5) is 6.68. The number of imidazole rings is 1. The van der Waals surface area contributed by atoms with E-state index in [4.69, 9.17) is 13.0 Å². The van der Waals surface area contributed by atoms with E-state index in [9.17, 15) is 0 Å². The topological polar surface area (TPSA) is 28.7 Å². The molecule has 0 fully saturated rings. The second-order valence-corrected chi connectivity index (χ2v) is 2.45. The molecule has 0 radical (unpaired) electrons. The molecule has 0 spiro atoms. The van der Waals surface area contributed by atoms with Crippen LogP contribution in [0, 0.1) is 0 Å². The average molecular weight is 154 g/mol. The van der Waals surface area contributed by atoms with Gasteiger partial charge in [0, 0.05) is 5.02 Å². The zero-order valence-corrected chi connectivity index (χ0v) is 5.81. The Morgan fingerprint density at radius 2 is 2.50 bits per heavy atom. The van der Waals surface area contributed by atoms with Crippen molar-refractivity contribution in [3.63, 3.8) is 0 Å². The van der Waals surface area contributed by atoms with E-state index >= 15 is 0 Å². The van der Waals surface area contributed by atoms with Gasteiger partial charge >= 0.3 is 0 Å². The Morgan fingerprint density at radius 1 is 1.60 bits per heavy atom. The van der Waals surface area contributed by atoms with Gasteiger partial charge in [-0.05, 0) is 18.2 Å². The van der Waals surface area contributed by atoms with Crippen LogP contribution in [0.4, 0.5) is 0 Å². The summed E-state index contributed by atoms with van der Waals surface area (Å²) in [5, 5.41) is 0.643. The Bertz CT molecular complexity index is 396. The van der Waals surface area contributed by atoms with Crippen molar-refractivity contribution in [3.05, 3.63) is 29.5 Å². The molecule has 0 unspecified atom stereocenters. The van der Waals surface area contributed by atoms with Gasteiger partial charge in [0.05, 0.1) is 17.3 Å². The van der Waals surface area contributed by atoms with Crippen molar-refractivity contribution in [2.45, 2.75) is 0 Å². The maximum atomic E-state index is 7.18. The molecule has 0 bridgehead atoms. The van der Waals surface area contributed by atoms with Crippen LogP contribution in [0.2, 0.25) is 5.02 Å². The predicted molar refractivity (Wildman–Crippen MR) is 41.1 cm³/mol. The van der Waals surface area contributed by atoms with Crippen LogP contribution < -0.4 is 0 Å². The molecule has 1 N–H and O–H groups in total. The lowest BCUT2D eigenvalue weighted by Crippen LogP contribution is -1.67. The second-order valence-electron chi connectivity index (χ2n) is 2.01. The zero-order chi connectivity index (χ0) is 7.84. The Kier molecular flexibility index (Phi) is 0.944. The zero-order valence-electron chi connectivity index (χ0n) is 6.06. The summed E-state index contributed by atoms with van der Waals surface area (Å²) in [5.74, 6) is 0. The van der Waals surface area contributed by atoms with E-state index in [1.807, 2.05) is 6.07 Å². The first-order chi connectivity index (χ1) is 5.25. The largest absolute Gasteiger partial charge is 0.345 e. The fraction of sp³-hybridized carbons (Fsp3) is 0. The molecule has 0 aliphatic rings. The van der Waals surface area contributed by atoms with Gasteiger partial charge in [-0.15, -0.1) is 0 Å². The molecular weight excluding hydrogens is 148 g/mol. The fourth-order valence-corrected chi connectivity index (χ4v) is 1.02. The number of nitrogens with one attached hydrogen (secondary N) is 1. The van der Waals surface area contributed by atoms with Gasteiger partial charge in [-0.2, -0.15) is 0 Å². The van der Waals surface area contributed by atoms with Gasteiger partial charge in [0.1, 0.15) is 1.37 Å². The van der Waals surface area contributed by atoms with Crippen molar-refractivity contribution in [2.24, 2.45) is 0 Å². The first-order valence-electron chi connectivity index (χ1n) is 3.37. The SMILES string of the molecule is [2H]c1nc2cc(Cl)ccc2[nH]1. The summed E-state index contributed by atoms with van der Waals surface area (Å²) >= 11 is 5.71. The van der Waals surface area contributed by atoms with Gasteiger partial charge in [0.15, 0.2) is 0 Å². The minimum absolute atomic E-state index is 0.169. The molecule has 2 aromatic rings. The van der Waals surface area contributed by atoms with Crippen molar-refractivity contribution in [1.82, 2.24) is 9.97 Å². The number of aromatic amines is 1. The van der Waals surface area contributed by atoms with E-state index in [1.54, 1.807) is 12.1 Å². The lowest BCUT2D eigenvalue weighted by atomic mass is 10.3. The van der Waals surface area contributed by atoms with E-state index < -0.39 is 0 Å². The Morgan fingerprint density at radius 3 is 3.40 bits per heavy atom. The summed E-state index contributed by atoms with van der Waals surface area (Å²) in [7, 11) is 0. The van der Waals surface area contributed by atoms with E-state index in [0.717, 1.165) is 11.0 Å². The Labute approximate surface area is 64.3 Å². The summed E-state index contributed by atoms with van der Waals surface area (Å²) in [6, 6.07) is 5.30. The maximum Gasteiger partial charge on any atom is 0.104 e. The molecule has 0 amide bonds. The number of hydrogen-bond donors (Lipinski definition) is 1. The highest BCUT2D eigenvalue weighted by Crippen LogP contribution is 2.14. The molecule has 1 aromatic heterocycles. The van der Waals surface area contributed by atoms with Crippen LogP contribution in [0.3, 0.4) is 0 Å². The van der Waals surface area contributed by atoms with E-state index in [0.29, 0.717) is 5.02 Å². The van der Waals surface area contributed by atoms with Crippen LogP contribution in [-0.2, 0) is 0 Å². The average Bonchev–Trinajstić information content (AvgIpc) is 2.27. The first-order valence-corrected chi connectivity index (χ1v) is 3.25. The highest BCUT2D eigenvalue weighted by atomic mass is 35.5. The number of rotatable bonds is 0. The van der Waals surface area contributed by atoms with Gasteiger partial charge in [-0.3, -0.25) is 0 Å². The lowest BCUT2D eigenvalue weighted by molar-refractivity contribution is 1.34. The highest BCUT2D eigenvalue weighted by Gasteiger charge is 1.93. The van der Waals surface area contributed by atoms with Crippen molar-refractivity contribution < 1.29 is 1.37 Å². The third-order valence-corrected chi connectivity index (χ3v) is 1.56. The van der Waals surface area contributed by atoms with Gasteiger partial charge in [-0.1, -0.05) is 11.6 Å². The molecule has 3 heteroatoms.